The summed E-state index contributed by atoms with van der Waals surface area (Å²) in [7, 11) is 0. The second-order valence-corrected chi connectivity index (χ2v) is 6.66. The van der Waals surface area contributed by atoms with Crippen LogP contribution in [0.15, 0.2) is 36.4 Å². The minimum Gasteiger partial charge on any atom is -0.423 e. The number of carbonyl (C=O) groups excluding carboxylic acids is 1. The first-order valence-corrected chi connectivity index (χ1v) is 8.08. The Morgan fingerprint density at radius 2 is 1.61 bits per heavy atom. The van der Waals surface area contributed by atoms with Crippen molar-refractivity contribution in [1.82, 2.24) is 0 Å². The van der Waals surface area contributed by atoms with Gasteiger partial charge in [-0.1, -0.05) is 45.4 Å². The summed E-state index contributed by atoms with van der Waals surface area (Å²) in [6.45, 7) is 8.27. The smallest absolute Gasteiger partial charge is 0.343 e. The third-order valence-corrected chi connectivity index (χ3v) is 3.97. The zero-order valence-corrected chi connectivity index (χ0v) is 14.6. The van der Waals surface area contributed by atoms with Crippen LogP contribution in [0.2, 0.25) is 5.02 Å². The second kappa shape index (κ2) is 7.05. The summed E-state index contributed by atoms with van der Waals surface area (Å²) in [5, 5.41) is 0.502. The predicted molar refractivity (Wildman–Crippen MR) is 95.4 cm³/mol. The Kier molecular flexibility index (Phi) is 5.32. The fourth-order valence-electron chi connectivity index (χ4n) is 2.47. The SMILES string of the molecule is CC(C)c1cc(OC(=O)c2cccc(Cl)c2)cc(C(C)C)c1N. The average molecular weight is 332 g/mol. The Labute approximate surface area is 142 Å². The predicted octanol–water partition coefficient (Wildman–Crippen LogP) is 5.39. The molecule has 0 aliphatic heterocycles. The first-order chi connectivity index (χ1) is 10.8. The van der Waals surface area contributed by atoms with Crippen LogP contribution < -0.4 is 10.5 Å². The molecule has 2 aromatic rings. The van der Waals surface area contributed by atoms with Crippen molar-refractivity contribution in [3.8, 4) is 5.75 Å². The molecule has 4 heteroatoms. The standard InChI is InChI=1S/C19H22ClNO2/c1-11(2)16-9-15(10-17(12(3)4)18(16)21)23-19(22)13-6-5-7-14(20)8-13/h5-12H,21H2,1-4H3. The summed E-state index contributed by atoms with van der Waals surface area (Å²) < 4.78 is 5.54. The number of halogens is 1. The van der Waals surface area contributed by atoms with Gasteiger partial charge in [0.1, 0.15) is 5.75 Å². The first kappa shape index (κ1) is 17.4. The fraction of sp³-hybridized carbons (Fsp3) is 0.316. The molecule has 23 heavy (non-hydrogen) atoms. The summed E-state index contributed by atoms with van der Waals surface area (Å²) in [5.41, 5.74) is 9.44. The maximum Gasteiger partial charge on any atom is 0.343 e. The van der Waals surface area contributed by atoms with E-state index in [9.17, 15) is 4.79 Å². The van der Waals surface area contributed by atoms with Gasteiger partial charge >= 0.3 is 5.97 Å². The highest BCUT2D eigenvalue weighted by molar-refractivity contribution is 6.30. The summed E-state index contributed by atoms with van der Waals surface area (Å²) in [6.07, 6.45) is 0. The first-order valence-electron chi connectivity index (χ1n) is 7.70. The van der Waals surface area contributed by atoms with E-state index in [1.807, 2.05) is 12.1 Å². The van der Waals surface area contributed by atoms with Gasteiger partial charge in [-0.05, 0) is 53.3 Å². The number of nitrogen functional groups attached to an aromatic ring is 1. The zero-order chi connectivity index (χ0) is 17.1. The molecule has 0 saturated carbocycles. The minimum absolute atomic E-state index is 0.248. The van der Waals surface area contributed by atoms with E-state index in [1.165, 1.54) is 0 Å². The highest BCUT2D eigenvalue weighted by Crippen LogP contribution is 2.34. The number of esters is 1. The summed E-state index contributed by atoms with van der Waals surface area (Å²) in [5.74, 6) is 0.577. The number of rotatable bonds is 4. The summed E-state index contributed by atoms with van der Waals surface area (Å²) in [6, 6.07) is 10.4. The molecular weight excluding hydrogens is 310 g/mol. The lowest BCUT2D eigenvalue weighted by atomic mass is 9.92. The monoisotopic (exact) mass is 331 g/mol. The van der Waals surface area contributed by atoms with Crippen molar-refractivity contribution < 1.29 is 9.53 Å². The quantitative estimate of drug-likeness (QED) is 0.464. The summed E-state index contributed by atoms with van der Waals surface area (Å²) in [4.78, 5) is 12.3. The Morgan fingerprint density at radius 1 is 1.04 bits per heavy atom. The molecule has 0 aromatic heterocycles. The molecule has 0 radical (unpaired) electrons. The molecule has 122 valence electrons. The van der Waals surface area contributed by atoms with Crippen LogP contribution in [0.4, 0.5) is 5.69 Å². The topological polar surface area (TPSA) is 52.3 Å². The number of benzene rings is 2. The molecule has 0 aliphatic carbocycles. The van der Waals surface area contributed by atoms with Crippen LogP contribution in [0.25, 0.3) is 0 Å². The third kappa shape index (κ3) is 4.05. The van der Waals surface area contributed by atoms with Gasteiger partial charge in [-0.15, -0.1) is 0 Å². The van der Waals surface area contributed by atoms with Crippen molar-refractivity contribution >= 4 is 23.3 Å². The molecule has 0 aliphatic rings. The van der Waals surface area contributed by atoms with Crippen molar-refractivity contribution in [3.05, 3.63) is 58.1 Å². The van der Waals surface area contributed by atoms with Crippen molar-refractivity contribution in [1.29, 1.82) is 0 Å². The van der Waals surface area contributed by atoms with Crippen LogP contribution in [0.1, 0.15) is 61.0 Å². The lowest BCUT2D eigenvalue weighted by Crippen LogP contribution is -2.10. The molecule has 0 fully saturated rings. The lowest BCUT2D eigenvalue weighted by molar-refractivity contribution is 0.0734. The van der Waals surface area contributed by atoms with E-state index in [0.717, 1.165) is 16.8 Å². The van der Waals surface area contributed by atoms with Gasteiger partial charge < -0.3 is 10.5 Å². The van der Waals surface area contributed by atoms with E-state index in [-0.39, 0.29) is 11.8 Å². The van der Waals surface area contributed by atoms with Crippen molar-refractivity contribution in [2.45, 2.75) is 39.5 Å². The maximum atomic E-state index is 12.3. The number of anilines is 1. The summed E-state index contributed by atoms with van der Waals surface area (Å²) >= 11 is 5.92. The van der Waals surface area contributed by atoms with Gasteiger partial charge in [-0.2, -0.15) is 0 Å². The third-order valence-electron chi connectivity index (χ3n) is 3.73. The van der Waals surface area contributed by atoms with Crippen LogP contribution >= 0.6 is 11.6 Å². The number of ether oxygens (including phenoxy) is 1. The van der Waals surface area contributed by atoms with Crippen LogP contribution in [0.3, 0.4) is 0 Å². The van der Waals surface area contributed by atoms with E-state index in [0.29, 0.717) is 16.3 Å². The Bertz CT molecular complexity index is 694. The van der Waals surface area contributed by atoms with Gasteiger partial charge in [0.05, 0.1) is 5.56 Å². The number of hydrogen-bond donors (Lipinski definition) is 1. The minimum atomic E-state index is -0.429. The molecular formula is C19H22ClNO2. The van der Waals surface area contributed by atoms with E-state index in [2.05, 4.69) is 27.7 Å². The van der Waals surface area contributed by atoms with Crippen LogP contribution in [-0.2, 0) is 0 Å². The van der Waals surface area contributed by atoms with Crippen LogP contribution in [0.5, 0.6) is 5.75 Å². The van der Waals surface area contributed by atoms with E-state index >= 15 is 0 Å². The largest absolute Gasteiger partial charge is 0.423 e. The van der Waals surface area contributed by atoms with Gasteiger partial charge in [-0.25, -0.2) is 4.79 Å². The molecule has 3 nitrogen and oxygen atoms in total. The normalized spacial score (nSPS) is 11.1. The Hall–Kier alpha value is -2.00. The molecule has 0 amide bonds. The van der Waals surface area contributed by atoms with Crippen molar-refractivity contribution in [3.63, 3.8) is 0 Å². The molecule has 0 heterocycles. The molecule has 0 bridgehead atoms. The molecule has 2 N–H and O–H groups in total. The number of carbonyl (C=O) groups is 1. The van der Waals surface area contributed by atoms with E-state index < -0.39 is 5.97 Å². The fourth-order valence-corrected chi connectivity index (χ4v) is 2.66. The highest BCUT2D eigenvalue weighted by Gasteiger charge is 2.16. The second-order valence-electron chi connectivity index (χ2n) is 6.22. The molecule has 2 aromatic carbocycles. The maximum absolute atomic E-state index is 12.3. The average Bonchev–Trinajstić information content (AvgIpc) is 2.48. The zero-order valence-electron chi connectivity index (χ0n) is 13.9. The number of hydrogen-bond acceptors (Lipinski definition) is 3. The van der Waals surface area contributed by atoms with Gasteiger partial charge in [0.25, 0.3) is 0 Å². The van der Waals surface area contributed by atoms with Crippen LogP contribution in [0, 0.1) is 0 Å². The van der Waals surface area contributed by atoms with Crippen molar-refractivity contribution in [2.24, 2.45) is 0 Å². The van der Waals surface area contributed by atoms with E-state index in [1.54, 1.807) is 24.3 Å². The van der Waals surface area contributed by atoms with Gasteiger partial charge in [0.15, 0.2) is 0 Å². The Balaban J connectivity index is 2.38. The molecule has 0 atom stereocenters. The Morgan fingerprint density at radius 3 is 2.09 bits per heavy atom. The van der Waals surface area contributed by atoms with Crippen LogP contribution in [-0.4, -0.2) is 5.97 Å². The lowest BCUT2D eigenvalue weighted by Gasteiger charge is -2.18. The molecule has 0 saturated heterocycles. The van der Waals surface area contributed by atoms with Gasteiger partial charge in [0.2, 0.25) is 0 Å². The van der Waals surface area contributed by atoms with Gasteiger partial charge in [0, 0.05) is 10.7 Å². The molecule has 2 rings (SSSR count). The van der Waals surface area contributed by atoms with E-state index in [4.69, 9.17) is 22.1 Å². The molecule has 0 unspecified atom stereocenters. The highest BCUT2D eigenvalue weighted by atomic mass is 35.5. The molecule has 0 spiro atoms. The van der Waals surface area contributed by atoms with Crippen molar-refractivity contribution in [2.75, 3.05) is 5.73 Å². The number of nitrogens with two attached hydrogens (primary N) is 1. The van der Waals surface area contributed by atoms with Gasteiger partial charge in [-0.3, -0.25) is 0 Å².